The molecule has 1 amide bonds. The summed E-state index contributed by atoms with van der Waals surface area (Å²) in [6.07, 6.45) is 6.77. The van der Waals surface area contributed by atoms with Gasteiger partial charge in [-0.05, 0) is 36.2 Å². The summed E-state index contributed by atoms with van der Waals surface area (Å²) >= 11 is 1.60. The predicted molar refractivity (Wildman–Crippen MR) is 122 cm³/mol. The molecule has 2 aromatic heterocycles. The number of benzene rings is 2. The number of nitrogens with zero attached hydrogens (tertiary/aromatic N) is 3. The minimum Gasteiger partial charge on any atom is -0.355 e. The van der Waals surface area contributed by atoms with Gasteiger partial charge in [-0.2, -0.15) is 5.10 Å². The van der Waals surface area contributed by atoms with E-state index in [1.165, 1.54) is 5.56 Å². The fraction of sp³-hybridized carbons (Fsp3) is 0.167. The number of para-hydroxylation sites is 1. The van der Waals surface area contributed by atoms with Crippen LogP contribution >= 0.6 is 11.8 Å². The Hall–Kier alpha value is -3.25. The van der Waals surface area contributed by atoms with Crippen molar-refractivity contribution in [1.29, 1.82) is 0 Å². The van der Waals surface area contributed by atoms with Crippen molar-refractivity contribution in [2.45, 2.75) is 12.2 Å². The number of carbonyl (C=O) groups is 1. The van der Waals surface area contributed by atoms with Gasteiger partial charge in [0.25, 0.3) is 0 Å². The third kappa shape index (κ3) is 5.02. The summed E-state index contributed by atoms with van der Waals surface area (Å²) in [7, 11) is 0. The van der Waals surface area contributed by atoms with Gasteiger partial charge in [0.2, 0.25) is 5.91 Å². The number of rotatable bonds is 9. The SMILES string of the molecule is O=C(CSCc1cnn(-c2ccccc2)c1-n1cccc1)NCCc1ccccc1. The zero-order chi connectivity index (χ0) is 20.6. The molecule has 152 valence electrons. The highest BCUT2D eigenvalue weighted by atomic mass is 32.2. The van der Waals surface area contributed by atoms with Crippen molar-refractivity contribution in [2.75, 3.05) is 12.3 Å². The van der Waals surface area contributed by atoms with Gasteiger partial charge in [0.05, 0.1) is 17.6 Å². The number of carbonyl (C=O) groups excluding carboxylic acids is 1. The van der Waals surface area contributed by atoms with E-state index in [4.69, 9.17) is 0 Å². The van der Waals surface area contributed by atoms with E-state index in [-0.39, 0.29) is 5.91 Å². The summed E-state index contributed by atoms with van der Waals surface area (Å²) in [5, 5.41) is 7.61. The molecule has 0 fully saturated rings. The first-order valence-corrected chi connectivity index (χ1v) is 11.1. The third-order valence-corrected chi connectivity index (χ3v) is 5.72. The van der Waals surface area contributed by atoms with E-state index in [9.17, 15) is 4.79 Å². The van der Waals surface area contributed by atoms with Crippen LogP contribution in [-0.4, -0.2) is 32.6 Å². The van der Waals surface area contributed by atoms with Crippen LogP contribution in [0, 0.1) is 0 Å². The minimum absolute atomic E-state index is 0.0638. The van der Waals surface area contributed by atoms with E-state index in [1.54, 1.807) is 11.8 Å². The standard InChI is InChI=1S/C24H24N4OS/c29-23(25-14-13-20-9-3-1-4-10-20)19-30-18-21-17-26-28(22-11-5-2-6-12-22)24(21)27-15-7-8-16-27/h1-12,15-17H,13-14,18-19H2,(H,25,29). The van der Waals surface area contributed by atoms with Crippen LogP contribution in [0.3, 0.4) is 0 Å². The normalized spacial score (nSPS) is 10.8. The van der Waals surface area contributed by atoms with Gasteiger partial charge in [-0.3, -0.25) is 4.79 Å². The molecule has 0 aliphatic carbocycles. The Morgan fingerprint density at radius 3 is 2.37 bits per heavy atom. The van der Waals surface area contributed by atoms with Gasteiger partial charge >= 0.3 is 0 Å². The van der Waals surface area contributed by atoms with Crippen LogP contribution in [0.15, 0.2) is 91.4 Å². The number of hydrogen-bond donors (Lipinski definition) is 1. The van der Waals surface area contributed by atoms with E-state index in [2.05, 4.69) is 27.1 Å². The zero-order valence-electron chi connectivity index (χ0n) is 16.6. The van der Waals surface area contributed by atoms with Gasteiger partial charge in [0.1, 0.15) is 5.82 Å². The second-order valence-corrected chi connectivity index (χ2v) is 7.90. The third-order valence-electron chi connectivity index (χ3n) is 4.74. The highest BCUT2D eigenvalue weighted by molar-refractivity contribution is 7.99. The monoisotopic (exact) mass is 416 g/mol. The van der Waals surface area contributed by atoms with Gasteiger partial charge in [-0.15, -0.1) is 11.8 Å². The van der Waals surface area contributed by atoms with Crippen molar-refractivity contribution in [1.82, 2.24) is 19.7 Å². The Balaban J connectivity index is 1.35. The van der Waals surface area contributed by atoms with Gasteiger partial charge in [0.15, 0.2) is 0 Å². The molecular weight excluding hydrogens is 392 g/mol. The van der Waals surface area contributed by atoms with Crippen LogP contribution in [0.5, 0.6) is 0 Å². The fourth-order valence-electron chi connectivity index (χ4n) is 3.28. The number of thioether (sulfide) groups is 1. The van der Waals surface area contributed by atoms with E-state index >= 15 is 0 Å². The van der Waals surface area contributed by atoms with E-state index in [1.807, 2.05) is 83.9 Å². The first-order valence-electron chi connectivity index (χ1n) is 9.95. The molecule has 6 heteroatoms. The van der Waals surface area contributed by atoms with E-state index in [0.29, 0.717) is 18.1 Å². The van der Waals surface area contributed by atoms with Crippen LogP contribution in [0.4, 0.5) is 0 Å². The van der Waals surface area contributed by atoms with Crippen LogP contribution < -0.4 is 5.32 Å². The van der Waals surface area contributed by atoms with Crippen molar-refractivity contribution < 1.29 is 4.79 Å². The Labute approximate surface area is 180 Å². The molecule has 0 spiro atoms. The highest BCUT2D eigenvalue weighted by Crippen LogP contribution is 2.23. The molecule has 1 N–H and O–H groups in total. The van der Waals surface area contributed by atoms with Crippen molar-refractivity contribution in [2.24, 2.45) is 0 Å². The number of aromatic nitrogens is 3. The summed E-state index contributed by atoms with van der Waals surface area (Å²) in [5.41, 5.74) is 3.34. The van der Waals surface area contributed by atoms with Gasteiger partial charge in [-0.1, -0.05) is 48.5 Å². The molecular formula is C24H24N4OS. The average molecular weight is 417 g/mol. The lowest BCUT2D eigenvalue weighted by atomic mass is 10.1. The largest absolute Gasteiger partial charge is 0.355 e. The molecule has 0 aliphatic rings. The fourth-order valence-corrected chi connectivity index (χ4v) is 4.10. The summed E-state index contributed by atoms with van der Waals surface area (Å²) in [6, 6.07) is 24.3. The number of hydrogen-bond acceptors (Lipinski definition) is 3. The summed E-state index contributed by atoms with van der Waals surface area (Å²) in [5.74, 6) is 2.21. The summed E-state index contributed by atoms with van der Waals surface area (Å²) < 4.78 is 4.01. The zero-order valence-corrected chi connectivity index (χ0v) is 17.5. The van der Waals surface area contributed by atoms with Gasteiger partial charge in [0, 0.05) is 30.3 Å². The lowest BCUT2D eigenvalue weighted by Gasteiger charge is -2.11. The maximum absolute atomic E-state index is 12.2. The summed E-state index contributed by atoms with van der Waals surface area (Å²) in [4.78, 5) is 12.2. The highest BCUT2D eigenvalue weighted by Gasteiger charge is 2.14. The molecule has 0 bridgehead atoms. The molecule has 0 saturated carbocycles. The van der Waals surface area contributed by atoms with E-state index < -0.39 is 0 Å². The van der Waals surface area contributed by atoms with Gasteiger partial charge < -0.3 is 9.88 Å². The second-order valence-electron chi connectivity index (χ2n) is 6.91. The van der Waals surface area contributed by atoms with Crippen molar-refractivity contribution in [3.63, 3.8) is 0 Å². The van der Waals surface area contributed by atoms with Gasteiger partial charge in [-0.25, -0.2) is 4.68 Å². The molecule has 0 atom stereocenters. The predicted octanol–water partition coefficient (Wildman–Crippen LogP) is 4.26. The molecule has 0 unspecified atom stereocenters. The molecule has 2 heterocycles. The van der Waals surface area contributed by atoms with Crippen LogP contribution in [0.2, 0.25) is 0 Å². The Morgan fingerprint density at radius 1 is 0.933 bits per heavy atom. The molecule has 5 nitrogen and oxygen atoms in total. The molecule has 0 saturated heterocycles. The second kappa shape index (κ2) is 9.98. The molecule has 4 aromatic rings. The Kier molecular flexibility index (Phi) is 6.67. The average Bonchev–Trinajstić information content (AvgIpc) is 3.45. The molecule has 2 aromatic carbocycles. The summed E-state index contributed by atoms with van der Waals surface area (Å²) in [6.45, 7) is 0.657. The number of nitrogens with one attached hydrogen (secondary N) is 1. The topological polar surface area (TPSA) is 51.9 Å². The minimum atomic E-state index is 0.0638. The maximum Gasteiger partial charge on any atom is 0.230 e. The molecule has 4 rings (SSSR count). The van der Waals surface area contributed by atoms with Crippen LogP contribution in [0.25, 0.3) is 11.5 Å². The number of amides is 1. The van der Waals surface area contributed by atoms with E-state index in [0.717, 1.165) is 23.5 Å². The Bertz CT molecular complexity index is 1060. The van der Waals surface area contributed by atoms with Crippen molar-refractivity contribution >= 4 is 17.7 Å². The Morgan fingerprint density at radius 2 is 1.63 bits per heavy atom. The first kappa shape index (κ1) is 20.0. The van der Waals surface area contributed by atoms with Crippen molar-refractivity contribution in [3.05, 3.63) is 103 Å². The smallest absolute Gasteiger partial charge is 0.230 e. The first-order chi connectivity index (χ1) is 14.8. The molecule has 0 radical (unpaired) electrons. The maximum atomic E-state index is 12.2. The van der Waals surface area contributed by atoms with Crippen LogP contribution in [-0.2, 0) is 17.0 Å². The molecule has 30 heavy (non-hydrogen) atoms. The molecule has 0 aliphatic heterocycles. The lowest BCUT2D eigenvalue weighted by molar-refractivity contribution is -0.118. The lowest BCUT2D eigenvalue weighted by Crippen LogP contribution is -2.27. The van der Waals surface area contributed by atoms with Crippen molar-refractivity contribution in [3.8, 4) is 11.5 Å². The van der Waals surface area contributed by atoms with Crippen LogP contribution in [0.1, 0.15) is 11.1 Å². The quantitative estimate of drug-likeness (QED) is 0.444.